The van der Waals surface area contributed by atoms with Crippen molar-refractivity contribution < 1.29 is 8.98 Å². The first-order chi connectivity index (χ1) is 14.2. The smallest absolute Gasteiger partial charge is 0.218 e. The summed E-state index contributed by atoms with van der Waals surface area (Å²) < 4.78 is 6.93. The van der Waals surface area contributed by atoms with Gasteiger partial charge in [0.2, 0.25) is 5.78 Å². The summed E-state index contributed by atoms with van der Waals surface area (Å²) in [5.41, 5.74) is 1.66. The highest BCUT2D eigenvalue weighted by Crippen LogP contribution is 2.29. The summed E-state index contributed by atoms with van der Waals surface area (Å²) in [6.07, 6.45) is 7.75. The third kappa shape index (κ3) is 4.64. The van der Waals surface area contributed by atoms with Gasteiger partial charge >= 0.3 is 0 Å². The summed E-state index contributed by atoms with van der Waals surface area (Å²) in [4.78, 5) is 21.4. The predicted molar refractivity (Wildman–Crippen MR) is 112 cm³/mol. The molecule has 3 N–H and O–H groups in total. The molecule has 1 fully saturated rings. The Kier molecular flexibility index (Phi) is 6.18. The molecular formula is C20H22N6O2S. The molecule has 0 amide bonds. The molecule has 2 aromatic heterocycles. The van der Waals surface area contributed by atoms with Gasteiger partial charge in [-0.1, -0.05) is 18.2 Å². The fourth-order valence-corrected chi connectivity index (χ4v) is 3.88. The van der Waals surface area contributed by atoms with Crippen molar-refractivity contribution in [1.82, 2.24) is 19.7 Å². The van der Waals surface area contributed by atoms with Gasteiger partial charge in [0.25, 0.3) is 0 Å². The second-order valence-electron chi connectivity index (χ2n) is 7.00. The molecule has 0 spiro atoms. The molecule has 3 aromatic rings. The molecule has 8 nitrogen and oxygen atoms in total. The summed E-state index contributed by atoms with van der Waals surface area (Å²) in [7, 11) is 0. The van der Waals surface area contributed by atoms with Gasteiger partial charge < -0.3 is 9.50 Å². The number of nitrogens with zero attached hydrogens (tertiary/aromatic N) is 4. The van der Waals surface area contributed by atoms with Crippen LogP contribution in [0.5, 0.6) is 0 Å². The lowest BCUT2D eigenvalue weighted by molar-refractivity contribution is 0.103. The van der Waals surface area contributed by atoms with E-state index in [1.54, 1.807) is 23.1 Å². The molecule has 1 aliphatic carbocycles. The second-order valence-corrected chi connectivity index (χ2v) is 7.42. The van der Waals surface area contributed by atoms with Crippen molar-refractivity contribution in [3.63, 3.8) is 0 Å². The number of para-hydroxylation sites is 1. The van der Waals surface area contributed by atoms with Crippen LogP contribution >= 0.6 is 12.2 Å². The number of hydrogen-bond donors (Lipinski definition) is 2. The van der Waals surface area contributed by atoms with E-state index in [4.69, 9.17) is 9.32 Å². The van der Waals surface area contributed by atoms with Gasteiger partial charge in [-0.25, -0.2) is 14.6 Å². The maximum Gasteiger partial charge on any atom is 0.218 e. The van der Waals surface area contributed by atoms with Crippen LogP contribution in [0.2, 0.25) is 0 Å². The Balaban J connectivity index is 1.48. The maximum atomic E-state index is 13.1. The minimum absolute atomic E-state index is 0.208. The van der Waals surface area contributed by atoms with E-state index >= 15 is 0 Å². The molecule has 1 saturated carbocycles. The highest BCUT2D eigenvalue weighted by molar-refractivity contribution is 7.92. The van der Waals surface area contributed by atoms with Crippen molar-refractivity contribution in [1.29, 1.82) is 0 Å². The van der Waals surface area contributed by atoms with Gasteiger partial charge in [-0.05, 0) is 43.4 Å². The molecule has 9 heteroatoms. The Morgan fingerprint density at radius 3 is 2.97 bits per heavy atom. The van der Waals surface area contributed by atoms with E-state index in [1.165, 1.54) is 6.33 Å². The number of hydrogen-bond acceptors (Lipinski definition) is 8. The molecule has 2 atom stereocenters. The summed E-state index contributed by atoms with van der Waals surface area (Å²) in [5, 5.41) is 13.2. The van der Waals surface area contributed by atoms with Crippen LogP contribution in [0.3, 0.4) is 0 Å². The standard InChI is InChI=1S/C20H22N6O2S/c21-29-28-12-14-6-7-15(10-14)24-20-17(11-22-13-23-20)19(27)18-8-9-26(25-18)16-4-2-1-3-5-16/h1-5,8-9,11,13-15H,6-7,10,12,21H2,(H,22,23,24). The number of benzene rings is 1. The number of anilines is 1. The molecule has 1 aromatic carbocycles. The number of aromatic nitrogens is 4. The lowest BCUT2D eigenvalue weighted by Gasteiger charge is -2.15. The van der Waals surface area contributed by atoms with E-state index in [1.807, 2.05) is 30.3 Å². The number of carbonyl (C=O) groups excluding carboxylic acids is 1. The first-order valence-corrected chi connectivity index (χ1v) is 10.3. The molecule has 0 bridgehead atoms. The summed E-state index contributed by atoms with van der Waals surface area (Å²) in [5.74, 6) is 0.783. The van der Waals surface area contributed by atoms with Crippen molar-refractivity contribution in [2.45, 2.75) is 25.3 Å². The number of carbonyl (C=O) groups is 1. The Morgan fingerprint density at radius 1 is 1.28 bits per heavy atom. The predicted octanol–water partition coefficient (Wildman–Crippen LogP) is 3.01. The molecule has 2 heterocycles. The SMILES string of the molecule is NSOCC1CCC(Nc2ncncc2C(=O)c2ccn(-c3ccccc3)n2)C1. The zero-order chi connectivity index (χ0) is 20.1. The normalized spacial score (nSPS) is 18.7. The van der Waals surface area contributed by atoms with Crippen LogP contribution in [0.25, 0.3) is 5.69 Å². The fourth-order valence-electron chi connectivity index (χ4n) is 3.60. The third-order valence-corrected chi connectivity index (χ3v) is 5.33. The van der Waals surface area contributed by atoms with Gasteiger partial charge in [0.1, 0.15) is 17.8 Å². The lowest BCUT2D eigenvalue weighted by atomic mass is 10.1. The first kappa shape index (κ1) is 19.6. The quantitative estimate of drug-likeness (QED) is 0.331. The molecule has 0 saturated heterocycles. The molecule has 150 valence electrons. The molecule has 1 aliphatic rings. The highest BCUT2D eigenvalue weighted by Gasteiger charge is 2.27. The van der Waals surface area contributed by atoms with Crippen LogP contribution < -0.4 is 10.5 Å². The van der Waals surface area contributed by atoms with Crippen molar-refractivity contribution >= 4 is 23.8 Å². The van der Waals surface area contributed by atoms with E-state index in [9.17, 15) is 4.79 Å². The molecule has 29 heavy (non-hydrogen) atoms. The van der Waals surface area contributed by atoms with Crippen LogP contribution in [-0.2, 0) is 4.18 Å². The fraction of sp³-hybridized carbons (Fsp3) is 0.300. The number of nitrogens with two attached hydrogens (primary N) is 1. The number of rotatable bonds is 8. The van der Waals surface area contributed by atoms with Crippen LogP contribution in [0.15, 0.2) is 55.1 Å². The van der Waals surface area contributed by atoms with E-state index in [0.29, 0.717) is 29.6 Å². The largest absolute Gasteiger partial charge is 0.367 e. The topological polar surface area (TPSA) is 108 Å². The molecule has 4 rings (SSSR count). The summed E-state index contributed by atoms with van der Waals surface area (Å²) in [6, 6.07) is 11.6. The molecule has 0 radical (unpaired) electrons. The minimum Gasteiger partial charge on any atom is -0.367 e. The lowest BCUT2D eigenvalue weighted by Crippen LogP contribution is -2.20. The van der Waals surface area contributed by atoms with Gasteiger partial charge in [-0.15, -0.1) is 0 Å². The first-order valence-electron chi connectivity index (χ1n) is 9.45. The van der Waals surface area contributed by atoms with Crippen molar-refractivity contribution in [3.8, 4) is 5.69 Å². The summed E-state index contributed by atoms with van der Waals surface area (Å²) >= 11 is 0.903. The summed E-state index contributed by atoms with van der Waals surface area (Å²) in [6.45, 7) is 0.631. The van der Waals surface area contributed by atoms with Gasteiger partial charge in [-0.3, -0.25) is 9.93 Å². The maximum absolute atomic E-state index is 13.1. The minimum atomic E-state index is -0.208. The molecule has 0 aliphatic heterocycles. The zero-order valence-corrected chi connectivity index (χ0v) is 16.6. The van der Waals surface area contributed by atoms with E-state index in [0.717, 1.165) is 37.2 Å². The van der Waals surface area contributed by atoms with E-state index in [2.05, 4.69) is 20.4 Å². The average Bonchev–Trinajstić information content (AvgIpc) is 3.43. The number of ketones is 1. The average molecular weight is 411 g/mol. The highest BCUT2D eigenvalue weighted by atomic mass is 32.2. The Hall–Kier alpha value is -2.75. The van der Waals surface area contributed by atoms with Gasteiger partial charge in [0, 0.05) is 18.4 Å². The van der Waals surface area contributed by atoms with Crippen molar-refractivity contribution in [2.24, 2.45) is 11.1 Å². The van der Waals surface area contributed by atoms with Gasteiger partial charge in [0.05, 0.1) is 30.1 Å². The van der Waals surface area contributed by atoms with Crippen molar-refractivity contribution in [2.75, 3.05) is 11.9 Å². The molecule has 2 unspecified atom stereocenters. The Morgan fingerprint density at radius 2 is 2.14 bits per heavy atom. The van der Waals surface area contributed by atoms with E-state index < -0.39 is 0 Å². The number of nitrogens with one attached hydrogen (secondary N) is 1. The van der Waals surface area contributed by atoms with Crippen LogP contribution in [0, 0.1) is 5.92 Å². The van der Waals surface area contributed by atoms with Gasteiger partial charge in [-0.2, -0.15) is 5.10 Å². The van der Waals surface area contributed by atoms with Crippen LogP contribution in [0.4, 0.5) is 5.82 Å². The monoisotopic (exact) mass is 410 g/mol. The Bertz CT molecular complexity index is 964. The third-order valence-electron chi connectivity index (χ3n) is 5.05. The second kappa shape index (κ2) is 9.17. The molecular weight excluding hydrogens is 388 g/mol. The van der Waals surface area contributed by atoms with Gasteiger partial charge in [0.15, 0.2) is 0 Å². The van der Waals surface area contributed by atoms with Crippen LogP contribution in [0.1, 0.15) is 35.3 Å². The Labute approximate surface area is 173 Å². The van der Waals surface area contributed by atoms with Crippen LogP contribution in [-0.4, -0.2) is 38.2 Å². The van der Waals surface area contributed by atoms with Crippen molar-refractivity contribution in [3.05, 3.63) is 66.4 Å². The zero-order valence-electron chi connectivity index (χ0n) is 15.8. The van der Waals surface area contributed by atoms with E-state index in [-0.39, 0.29) is 11.8 Å².